The third-order valence-electron chi connectivity index (χ3n) is 3.61. The summed E-state index contributed by atoms with van der Waals surface area (Å²) in [6.07, 6.45) is 4.68. The number of nitrogens with two attached hydrogens (primary N) is 1. The van der Waals surface area contributed by atoms with Crippen molar-refractivity contribution in [2.75, 3.05) is 12.9 Å². The molecule has 1 aliphatic rings. The van der Waals surface area contributed by atoms with Gasteiger partial charge in [-0.05, 0) is 33.1 Å². The van der Waals surface area contributed by atoms with Gasteiger partial charge in [-0.3, -0.25) is 0 Å². The normalized spacial score (nSPS) is 21.2. The lowest BCUT2D eigenvalue weighted by atomic mass is 9.95. The van der Waals surface area contributed by atoms with Crippen molar-refractivity contribution < 1.29 is 17.7 Å². The summed E-state index contributed by atoms with van der Waals surface area (Å²) in [5.41, 5.74) is 5.23. The van der Waals surface area contributed by atoms with Crippen LogP contribution in [0.5, 0.6) is 0 Å². The van der Waals surface area contributed by atoms with Crippen molar-refractivity contribution in [3.8, 4) is 0 Å². The number of rotatable bonds is 6. The maximum Gasteiger partial charge on any atom is 0.244 e. The highest BCUT2D eigenvalue weighted by molar-refractivity contribution is 7.90. The van der Waals surface area contributed by atoms with Crippen molar-refractivity contribution in [2.45, 2.75) is 50.0 Å². The Balaban J connectivity index is 2.06. The molecule has 2 rings (SSSR count). The fraction of sp³-hybridized carbons (Fsp3) is 0.833. The highest BCUT2D eigenvalue weighted by atomic mass is 32.2. The number of hydrogen-bond donors (Lipinski definition) is 1. The number of hydrogen-bond acceptors (Lipinski definition) is 7. The van der Waals surface area contributed by atoms with Crippen LogP contribution in [0.25, 0.3) is 0 Å². The van der Waals surface area contributed by atoms with Crippen LogP contribution in [-0.4, -0.2) is 37.5 Å². The van der Waals surface area contributed by atoms with E-state index in [1.165, 1.54) is 13.3 Å². The van der Waals surface area contributed by atoms with Gasteiger partial charge in [-0.25, -0.2) is 8.42 Å². The van der Waals surface area contributed by atoms with Crippen LogP contribution in [0.4, 0.5) is 0 Å². The van der Waals surface area contributed by atoms with Crippen molar-refractivity contribution in [3.63, 3.8) is 0 Å². The second-order valence-electron chi connectivity index (χ2n) is 5.71. The van der Waals surface area contributed by atoms with E-state index in [0.29, 0.717) is 0 Å². The first-order chi connectivity index (χ1) is 9.20. The van der Waals surface area contributed by atoms with Crippen molar-refractivity contribution in [1.82, 2.24) is 10.1 Å². The number of nitrogens with zero attached hydrogens (tertiary/aromatic N) is 2. The Morgan fingerprint density at radius 2 is 2.20 bits per heavy atom. The standard InChI is InChI=1S/C12H21N3O4S/c1-8(20(3,16)17)10-14-11(15-19-10)12(2,13)7-18-9-5-4-6-9/h8-9H,4-7,13H2,1-3H3. The van der Waals surface area contributed by atoms with Crippen LogP contribution >= 0.6 is 0 Å². The number of aromatic nitrogens is 2. The molecule has 1 aliphatic carbocycles. The monoisotopic (exact) mass is 303 g/mol. The predicted octanol–water partition coefficient (Wildman–Crippen LogP) is 0.918. The summed E-state index contributed by atoms with van der Waals surface area (Å²) in [6, 6.07) is 0. The Hall–Kier alpha value is -0.990. The van der Waals surface area contributed by atoms with E-state index in [2.05, 4.69) is 10.1 Å². The molecule has 1 fully saturated rings. The van der Waals surface area contributed by atoms with E-state index in [1.807, 2.05) is 0 Å². The van der Waals surface area contributed by atoms with E-state index in [-0.39, 0.29) is 24.4 Å². The fourth-order valence-electron chi connectivity index (χ4n) is 1.71. The van der Waals surface area contributed by atoms with Gasteiger partial charge in [0.05, 0.1) is 12.7 Å². The van der Waals surface area contributed by atoms with Gasteiger partial charge in [0.1, 0.15) is 10.8 Å². The maximum absolute atomic E-state index is 11.5. The maximum atomic E-state index is 11.5. The van der Waals surface area contributed by atoms with Crippen molar-refractivity contribution in [2.24, 2.45) is 5.73 Å². The second kappa shape index (κ2) is 5.42. The zero-order valence-electron chi connectivity index (χ0n) is 12.0. The summed E-state index contributed by atoms with van der Waals surface area (Å²) >= 11 is 0. The Labute approximate surface area is 118 Å². The molecule has 1 saturated carbocycles. The van der Waals surface area contributed by atoms with Crippen LogP contribution in [0.2, 0.25) is 0 Å². The van der Waals surface area contributed by atoms with Crippen LogP contribution in [0, 0.1) is 0 Å². The molecule has 8 heteroatoms. The van der Waals surface area contributed by atoms with Crippen molar-refractivity contribution >= 4 is 9.84 Å². The molecule has 0 spiro atoms. The van der Waals surface area contributed by atoms with Gasteiger partial charge in [0, 0.05) is 6.26 Å². The van der Waals surface area contributed by atoms with Gasteiger partial charge in [0.15, 0.2) is 15.7 Å². The summed E-state index contributed by atoms with van der Waals surface area (Å²) in [7, 11) is -3.28. The quantitative estimate of drug-likeness (QED) is 0.832. The first-order valence-corrected chi connectivity index (χ1v) is 8.59. The zero-order valence-corrected chi connectivity index (χ0v) is 12.8. The fourth-order valence-corrected chi connectivity index (χ4v) is 2.17. The molecule has 1 aromatic rings. The van der Waals surface area contributed by atoms with E-state index in [4.69, 9.17) is 15.0 Å². The Morgan fingerprint density at radius 3 is 2.70 bits per heavy atom. The molecule has 2 atom stereocenters. The van der Waals surface area contributed by atoms with Gasteiger partial charge >= 0.3 is 0 Å². The Morgan fingerprint density at radius 1 is 1.55 bits per heavy atom. The van der Waals surface area contributed by atoms with Crippen molar-refractivity contribution in [1.29, 1.82) is 0 Å². The molecule has 7 nitrogen and oxygen atoms in total. The molecular weight excluding hydrogens is 282 g/mol. The smallest absolute Gasteiger partial charge is 0.244 e. The molecule has 0 radical (unpaired) electrons. The minimum Gasteiger partial charge on any atom is -0.376 e. The molecular formula is C12H21N3O4S. The lowest BCUT2D eigenvalue weighted by Crippen LogP contribution is -2.41. The first kappa shape index (κ1) is 15.4. The molecule has 114 valence electrons. The zero-order chi connectivity index (χ0) is 15.0. The largest absolute Gasteiger partial charge is 0.376 e. The second-order valence-corrected chi connectivity index (χ2v) is 8.08. The molecule has 0 aliphatic heterocycles. The lowest BCUT2D eigenvalue weighted by Gasteiger charge is -2.29. The third-order valence-corrected chi connectivity index (χ3v) is 5.10. The summed E-state index contributed by atoms with van der Waals surface area (Å²) in [5, 5.41) is 2.95. The van der Waals surface area contributed by atoms with Gasteiger partial charge in [-0.15, -0.1) is 0 Å². The molecule has 20 heavy (non-hydrogen) atoms. The summed E-state index contributed by atoms with van der Waals surface area (Å²) < 4.78 is 33.6. The highest BCUT2D eigenvalue weighted by Gasteiger charge is 2.32. The lowest BCUT2D eigenvalue weighted by molar-refractivity contribution is -0.0222. The predicted molar refractivity (Wildman–Crippen MR) is 72.7 cm³/mol. The van der Waals surface area contributed by atoms with Crippen LogP contribution in [-0.2, 0) is 20.1 Å². The minimum atomic E-state index is -3.28. The summed E-state index contributed by atoms with van der Waals surface area (Å²) in [5.74, 6) is 0.324. The average molecular weight is 303 g/mol. The molecule has 0 bridgehead atoms. The third kappa shape index (κ3) is 3.36. The number of sulfone groups is 1. The van der Waals surface area contributed by atoms with E-state index in [1.54, 1.807) is 6.92 Å². The van der Waals surface area contributed by atoms with Gasteiger partial charge in [-0.2, -0.15) is 4.98 Å². The molecule has 2 unspecified atom stereocenters. The van der Waals surface area contributed by atoms with Gasteiger partial charge in [0.25, 0.3) is 0 Å². The molecule has 2 N–H and O–H groups in total. The molecule has 1 aromatic heterocycles. The van der Waals surface area contributed by atoms with E-state index < -0.39 is 20.6 Å². The van der Waals surface area contributed by atoms with Crippen LogP contribution in [0.1, 0.15) is 50.1 Å². The van der Waals surface area contributed by atoms with E-state index >= 15 is 0 Å². The van der Waals surface area contributed by atoms with Crippen LogP contribution in [0.15, 0.2) is 4.52 Å². The SMILES string of the molecule is CC(c1nc(C(C)(N)COC2CCC2)no1)S(C)(=O)=O. The van der Waals surface area contributed by atoms with E-state index in [9.17, 15) is 8.42 Å². The van der Waals surface area contributed by atoms with Crippen LogP contribution in [0.3, 0.4) is 0 Å². The Kier molecular flexibility index (Phi) is 4.17. The molecule has 1 heterocycles. The summed E-state index contributed by atoms with van der Waals surface area (Å²) in [6.45, 7) is 3.53. The van der Waals surface area contributed by atoms with E-state index in [0.717, 1.165) is 19.1 Å². The topological polar surface area (TPSA) is 108 Å². The molecule has 0 amide bonds. The van der Waals surface area contributed by atoms with Gasteiger partial charge < -0.3 is 15.0 Å². The van der Waals surface area contributed by atoms with Gasteiger partial charge in [0.2, 0.25) is 5.89 Å². The average Bonchev–Trinajstić information content (AvgIpc) is 2.74. The summed E-state index contributed by atoms with van der Waals surface area (Å²) in [4.78, 5) is 4.11. The Bertz CT molecular complexity index is 563. The first-order valence-electron chi connectivity index (χ1n) is 6.63. The molecule has 0 aromatic carbocycles. The molecule has 0 saturated heterocycles. The van der Waals surface area contributed by atoms with Crippen molar-refractivity contribution in [3.05, 3.63) is 11.7 Å². The highest BCUT2D eigenvalue weighted by Crippen LogP contribution is 2.26. The minimum absolute atomic E-state index is 0.0582. The van der Waals surface area contributed by atoms with Gasteiger partial charge in [-0.1, -0.05) is 5.16 Å². The van der Waals surface area contributed by atoms with Crippen LogP contribution < -0.4 is 5.73 Å². The number of ether oxygens (including phenoxy) is 1.